The van der Waals surface area contributed by atoms with Gasteiger partial charge in [0.15, 0.2) is 0 Å². The number of amides is 1. The molecule has 6 nitrogen and oxygen atoms in total. The molecule has 2 aliphatic heterocycles. The number of methoxy groups -OCH3 is 1. The zero-order valence-corrected chi connectivity index (χ0v) is 13.3. The first-order valence-corrected chi connectivity index (χ1v) is 8.06. The number of hydrogen-bond acceptors (Lipinski definition) is 5. The van der Waals surface area contributed by atoms with Crippen LogP contribution in [-0.4, -0.2) is 87.4 Å². The quantitative estimate of drug-likeness (QED) is 0.744. The van der Waals surface area contributed by atoms with Gasteiger partial charge in [-0.2, -0.15) is 0 Å². The molecule has 1 N–H and O–H groups in total. The molecule has 0 aromatic rings. The fourth-order valence-corrected chi connectivity index (χ4v) is 3.10. The zero-order valence-electron chi connectivity index (χ0n) is 13.3. The molecule has 0 saturated carbocycles. The number of nitrogens with one attached hydrogen (secondary N) is 1. The number of rotatable bonds is 6. The second kappa shape index (κ2) is 8.68. The fraction of sp³-hybridized carbons (Fsp3) is 0.933. The molecule has 2 unspecified atom stereocenters. The zero-order chi connectivity index (χ0) is 15.1. The third-order valence-corrected chi connectivity index (χ3v) is 4.43. The van der Waals surface area contributed by atoms with E-state index in [9.17, 15) is 4.79 Å². The maximum absolute atomic E-state index is 12.4. The Kier molecular flexibility index (Phi) is 6.89. The summed E-state index contributed by atoms with van der Waals surface area (Å²) >= 11 is 0. The highest BCUT2D eigenvalue weighted by Gasteiger charge is 2.29. The van der Waals surface area contributed by atoms with E-state index in [2.05, 4.69) is 17.1 Å². The lowest BCUT2D eigenvalue weighted by Crippen LogP contribution is -2.56. The standard InChI is InChI=1S/C15H29N3O3/c1-3-14-11-18(6-5-17(14)7-9-20-2)15(19)10-13-12-21-8-4-16-13/h13-14,16H,3-12H2,1-2H3. The van der Waals surface area contributed by atoms with Crippen molar-refractivity contribution in [2.24, 2.45) is 0 Å². The molecule has 2 heterocycles. The third kappa shape index (κ3) is 4.92. The molecule has 21 heavy (non-hydrogen) atoms. The number of piperazine rings is 1. The van der Waals surface area contributed by atoms with Gasteiger partial charge in [0, 0.05) is 58.3 Å². The first-order valence-electron chi connectivity index (χ1n) is 8.06. The maximum Gasteiger partial charge on any atom is 0.224 e. The molecule has 6 heteroatoms. The summed E-state index contributed by atoms with van der Waals surface area (Å²) in [5.41, 5.74) is 0. The van der Waals surface area contributed by atoms with Gasteiger partial charge in [0.1, 0.15) is 0 Å². The Hall–Kier alpha value is -0.690. The van der Waals surface area contributed by atoms with Crippen molar-refractivity contribution in [2.75, 3.05) is 59.7 Å². The highest BCUT2D eigenvalue weighted by molar-refractivity contribution is 5.77. The van der Waals surface area contributed by atoms with E-state index < -0.39 is 0 Å². The van der Waals surface area contributed by atoms with Crippen LogP contribution in [0.3, 0.4) is 0 Å². The Labute approximate surface area is 127 Å². The van der Waals surface area contributed by atoms with Crippen molar-refractivity contribution >= 4 is 5.91 Å². The van der Waals surface area contributed by atoms with E-state index in [1.54, 1.807) is 7.11 Å². The second-order valence-corrected chi connectivity index (χ2v) is 5.86. The Morgan fingerprint density at radius 3 is 2.95 bits per heavy atom. The van der Waals surface area contributed by atoms with Crippen molar-refractivity contribution < 1.29 is 14.3 Å². The molecule has 2 atom stereocenters. The SMILES string of the molecule is CCC1CN(C(=O)CC2COCCN2)CCN1CCOC. The van der Waals surface area contributed by atoms with E-state index in [1.807, 2.05) is 4.90 Å². The van der Waals surface area contributed by atoms with Gasteiger partial charge in [-0.1, -0.05) is 6.92 Å². The van der Waals surface area contributed by atoms with Gasteiger partial charge in [-0.15, -0.1) is 0 Å². The van der Waals surface area contributed by atoms with E-state index in [-0.39, 0.29) is 11.9 Å². The van der Waals surface area contributed by atoms with Crippen LogP contribution >= 0.6 is 0 Å². The van der Waals surface area contributed by atoms with Crippen molar-refractivity contribution in [3.63, 3.8) is 0 Å². The molecular weight excluding hydrogens is 270 g/mol. The van der Waals surface area contributed by atoms with Crippen molar-refractivity contribution in [3.8, 4) is 0 Å². The van der Waals surface area contributed by atoms with Gasteiger partial charge in [-0.3, -0.25) is 9.69 Å². The molecular formula is C15H29N3O3. The molecule has 0 aromatic heterocycles. The van der Waals surface area contributed by atoms with Crippen LogP contribution in [0.25, 0.3) is 0 Å². The van der Waals surface area contributed by atoms with Crippen LogP contribution in [0.5, 0.6) is 0 Å². The molecule has 2 aliphatic rings. The molecule has 2 saturated heterocycles. The van der Waals surface area contributed by atoms with Crippen LogP contribution in [0.1, 0.15) is 19.8 Å². The second-order valence-electron chi connectivity index (χ2n) is 5.86. The van der Waals surface area contributed by atoms with Gasteiger partial charge >= 0.3 is 0 Å². The molecule has 1 amide bonds. The normalized spacial score (nSPS) is 27.8. The summed E-state index contributed by atoms with van der Waals surface area (Å²) in [6, 6.07) is 0.631. The molecule has 2 fully saturated rings. The topological polar surface area (TPSA) is 54.0 Å². The van der Waals surface area contributed by atoms with Gasteiger partial charge in [-0.05, 0) is 6.42 Å². The van der Waals surface area contributed by atoms with E-state index in [1.165, 1.54) is 0 Å². The molecule has 2 rings (SSSR count). The fourth-order valence-electron chi connectivity index (χ4n) is 3.10. The Balaban J connectivity index is 1.79. The van der Waals surface area contributed by atoms with E-state index in [0.29, 0.717) is 19.1 Å². The highest BCUT2D eigenvalue weighted by atomic mass is 16.5. The number of carbonyl (C=O) groups excluding carboxylic acids is 1. The minimum Gasteiger partial charge on any atom is -0.383 e. The summed E-state index contributed by atoms with van der Waals surface area (Å²) in [6.07, 6.45) is 1.62. The number of nitrogens with zero attached hydrogens (tertiary/aromatic N) is 2. The van der Waals surface area contributed by atoms with Crippen LogP contribution in [0, 0.1) is 0 Å². The Morgan fingerprint density at radius 2 is 2.29 bits per heavy atom. The lowest BCUT2D eigenvalue weighted by molar-refractivity contribution is -0.135. The van der Waals surface area contributed by atoms with Crippen LogP contribution in [0.4, 0.5) is 0 Å². The molecule has 0 bridgehead atoms. The van der Waals surface area contributed by atoms with Crippen LogP contribution in [0.2, 0.25) is 0 Å². The van der Waals surface area contributed by atoms with Crippen molar-refractivity contribution in [3.05, 3.63) is 0 Å². The molecule has 0 aliphatic carbocycles. The summed E-state index contributed by atoms with van der Waals surface area (Å²) < 4.78 is 10.6. The average molecular weight is 299 g/mol. The summed E-state index contributed by atoms with van der Waals surface area (Å²) in [4.78, 5) is 16.9. The number of carbonyl (C=O) groups is 1. The Morgan fingerprint density at radius 1 is 1.43 bits per heavy atom. The first kappa shape index (κ1) is 16.7. The summed E-state index contributed by atoms with van der Waals surface area (Å²) in [5.74, 6) is 0.253. The number of morpholine rings is 1. The van der Waals surface area contributed by atoms with E-state index in [0.717, 1.165) is 52.4 Å². The highest BCUT2D eigenvalue weighted by Crippen LogP contribution is 2.14. The predicted molar refractivity (Wildman–Crippen MR) is 81.3 cm³/mol. The Bertz CT molecular complexity index is 321. The molecule has 122 valence electrons. The molecule has 0 aromatic carbocycles. The van der Waals surface area contributed by atoms with Gasteiger partial charge in [-0.25, -0.2) is 0 Å². The lowest BCUT2D eigenvalue weighted by atomic mass is 10.1. The largest absolute Gasteiger partial charge is 0.383 e. The average Bonchev–Trinajstić information content (AvgIpc) is 2.53. The minimum atomic E-state index is 0.179. The monoisotopic (exact) mass is 299 g/mol. The van der Waals surface area contributed by atoms with E-state index in [4.69, 9.17) is 9.47 Å². The first-order chi connectivity index (χ1) is 10.2. The van der Waals surface area contributed by atoms with Crippen LogP contribution in [0.15, 0.2) is 0 Å². The molecule has 0 spiro atoms. The summed E-state index contributed by atoms with van der Waals surface area (Å²) in [5, 5.41) is 3.35. The molecule has 0 radical (unpaired) electrons. The predicted octanol–water partition coefficient (Wildman–Crippen LogP) is -0.0659. The number of hydrogen-bond donors (Lipinski definition) is 1. The maximum atomic E-state index is 12.4. The third-order valence-electron chi connectivity index (χ3n) is 4.43. The lowest BCUT2D eigenvalue weighted by Gasteiger charge is -2.41. The van der Waals surface area contributed by atoms with Gasteiger partial charge in [0.05, 0.1) is 19.8 Å². The van der Waals surface area contributed by atoms with Gasteiger partial charge in [0.25, 0.3) is 0 Å². The smallest absolute Gasteiger partial charge is 0.224 e. The van der Waals surface area contributed by atoms with Crippen molar-refractivity contribution in [2.45, 2.75) is 31.8 Å². The van der Waals surface area contributed by atoms with Crippen molar-refractivity contribution in [1.82, 2.24) is 15.1 Å². The van der Waals surface area contributed by atoms with E-state index >= 15 is 0 Å². The number of ether oxygens (including phenoxy) is 2. The van der Waals surface area contributed by atoms with Crippen LogP contribution in [-0.2, 0) is 14.3 Å². The summed E-state index contributed by atoms with van der Waals surface area (Å²) in [7, 11) is 1.74. The van der Waals surface area contributed by atoms with Gasteiger partial charge < -0.3 is 19.7 Å². The van der Waals surface area contributed by atoms with Crippen molar-refractivity contribution in [1.29, 1.82) is 0 Å². The van der Waals surface area contributed by atoms with Crippen LogP contribution < -0.4 is 5.32 Å². The minimum absolute atomic E-state index is 0.179. The van der Waals surface area contributed by atoms with Gasteiger partial charge in [0.2, 0.25) is 5.91 Å². The summed E-state index contributed by atoms with van der Waals surface area (Å²) in [6.45, 7) is 8.76.